The topological polar surface area (TPSA) is 37.7 Å². The molecule has 2 aliphatic rings. The van der Waals surface area contributed by atoms with Crippen molar-refractivity contribution in [3.63, 3.8) is 0 Å². The third kappa shape index (κ3) is 3.78. The largest absolute Gasteiger partial charge is 0.379 e. The molecule has 1 unspecified atom stereocenters. The van der Waals surface area contributed by atoms with Gasteiger partial charge in [-0.2, -0.15) is 0 Å². The molecule has 3 aromatic rings. The Morgan fingerprint density at radius 3 is 2.57 bits per heavy atom. The first kappa shape index (κ1) is 19.1. The van der Waals surface area contributed by atoms with Crippen molar-refractivity contribution in [2.75, 3.05) is 32.8 Å². The van der Waals surface area contributed by atoms with Crippen molar-refractivity contribution in [1.82, 2.24) is 14.4 Å². The summed E-state index contributed by atoms with van der Waals surface area (Å²) < 4.78 is 7.71. The third-order valence-corrected chi connectivity index (χ3v) is 6.10. The zero-order valence-electron chi connectivity index (χ0n) is 17.1. The van der Waals surface area contributed by atoms with Crippen LogP contribution in [0.1, 0.15) is 33.2 Å². The molecule has 1 aromatic heterocycles. The maximum atomic E-state index is 13.6. The van der Waals surface area contributed by atoms with Crippen LogP contribution in [0, 0.1) is 0 Å². The van der Waals surface area contributed by atoms with E-state index < -0.39 is 0 Å². The van der Waals surface area contributed by atoms with Gasteiger partial charge in [0.2, 0.25) is 0 Å². The number of nitrogens with zero attached hydrogens (tertiary/aromatic N) is 3. The molecular formula is C25H27N3O2. The zero-order valence-corrected chi connectivity index (χ0v) is 17.1. The van der Waals surface area contributed by atoms with Crippen molar-refractivity contribution in [1.29, 1.82) is 0 Å². The summed E-state index contributed by atoms with van der Waals surface area (Å²) in [6, 6.07) is 22.6. The number of benzene rings is 2. The summed E-state index contributed by atoms with van der Waals surface area (Å²) in [6.07, 6.45) is 2.11. The molecule has 0 spiro atoms. The quantitative estimate of drug-likeness (QED) is 0.671. The summed E-state index contributed by atoms with van der Waals surface area (Å²) in [4.78, 5) is 18.1. The SMILES string of the molecule is O=C(c1cccc(CN2CCOCC2)c1)N1CCn2cccc2C1c1ccccc1. The van der Waals surface area contributed by atoms with Crippen LogP contribution in [-0.4, -0.2) is 53.1 Å². The van der Waals surface area contributed by atoms with Crippen LogP contribution in [0.5, 0.6) is 0 Å². The van der Waals surface area contributed by atoms with Gasteiger partial charge in [0.05, 0.1) is 19.3 Å². The fourth-order valence-corrected chi connectivity index (χ4v) is 4.57. The van der Waals surface area contributed by atoms with Crippen molar-refractivity contribution in [3.8, 4) is 0 Å². The lowest BCUT2D eigenvalue weighted by Crippen LogP contribution is -2.42. The first-order chi connectivity index (χ1) is 14.8. The zero-order chi connectivity index (χ0) is 20.3. The van der Waals surface area contributed by atoms with Gasteiger partial charge in [0, 0.05) is 50.2 Å². The molecule has 0 bridgehead atoms. The van der Waals surface area contributed by atoms with E-state index in [0.717, 1.165) is 50.5 Å². The molecular weight excluding hydrogens is 374 g/mol. The molecule has 1 atom stereocenters. The van der Waals surface area contributed by atoms with Crippen molar-refractivity contribution in [2.45, 2.75) is 19.1 Å². The van der Waals surface area contributed by atoms with Gasteiger partial charge >= 0.3 is 0 Å². The predicted molar refractivity (Wildman–Crippen MR) is 116 cm³/mol. The van der Waals surface area contributed by atoms with E-state index in [1.165, 1.54) is 11.3 Å². The number of fused-ring (bicyclic) bond motifs is 1. The molecule has 1 fully saturated rings. The van der Waals surface area contributed by atoms with Gasteiger partial charge in [-0.15, -0.1) is 0 Å². The van der Waals surface area contributed by atoms with E-state index in [1.807, 2.05) is 35.2 Å². The highest BCUT2D eigenvalue weighted by atomic mass is 16.5. The van der Waals surface area contributed by atoms with Crippen LogP contribution in [-0.2, 0) is 17.8 Å². The minimum absolute atomic E-state index is 0.0645. The minimum atomic E-state index is -0.0645. The van der Waals surface area contributed by atoms with Gasteiger partial charge in [-0.1, -0.05) is 42.5 Å². The lowest BCUT2D eigenvalue weighted by atomic mass is 9.98. The number of carbonyl (C=O) groups excluding carboxylic acids is 1. The minimum Gasteiger partial charge on any atom is -0.379 e. The molecule has 30 heavy (non-hydrogen) atoms. The Bertz CT molecular complexity index is 1010. The summed E-state index contributed by atoms with van der Waals surface area (Å²) >= 11 is 0. The summed E-state index contributed by atoms with van der Waals surface area (Å²) in [7, 11) is 0. The Morgan fingerprint density at radius 1 is 0.900 bits per heavy atom. The van der Waals surface area contributed by atoms with E-state index in [1.54, 1.807) is 0 Å². The summed E-state index contributed by atoms with van der Waals surface area (Å²) in [5.41, 5.74) is 4.27. The lowest BCUT2D eigenvalue weighted by molar-refractivity contribution is 0.0341. The highest BCUT2D eigenvalue weighted by Crippen LogP contribution is 2.33. The standard InChI is InChI=1S/C25H27N3O2/c29-25(22-9-4-6-20(18-22)19-26-14-16-30-17-15-26)28-13-12-27-11-5-10-23(27)24(28)21-7-2-1-3-8-21/h1-11,18,24H,12-17,19H2. The summed E-state index contributed by atoms with van der Waals surface area (Å²) in [6.45, 7) is 5.83. The number of carbonyl (C=O) groups is 1. The number of morpholine rings is 1. The number of hydrogen-bond donors (Lipinski definition) is 0. The molecule has 2 aromatic carbocycles. The van der Waals surface area contributed by atoms with Crippen LogP contribution in [0.2, 0.25) is 0 Å². The van der Waals surface area contributed by atoms with Gasteiger partial charge in [-0.3, -0.25) is 9.69 Å². The average molecular weight is 402 g/mol. The Hall–Kier alpha value is -2.89. The van der Waals surface area contributed by atoms with E-state index in [-0.39, 0.29) is 11.9 Å². The van der Waals surface area contributed by atoms with Crippen LogP contribution in [0.15, 0.2) is 72.9 Å². The van der Waals surface area contributed by atoms with Crippen molar-refractivity contribution >= 4 is 5.91 Å². The molecule has 0 N–H and O–H groups in total. The van der Waals surface area contributed by atoms with Crippen LogP contribution < -0.4 is 0 Å². The van der Waals surface area contributed by atoms with Gasteiger partial charge < -0.3 is 14.2 Å². The van der Waals surface area contributed by atoms with Crippen molar-refractivity contribution in [3.05, 3.63) is 95.3 Å². The second kappa shape index (κ2) is 8.46. The molecule has 0 saturated carbocycles. The van der Waals surface area contributed by atoms with E-state index in [2.05, 4.69) is 52.1 Å². The molecule has 1 saturated heterocycles. The van der Waals surface area contributed by atoms with Gasteiger partial charge in [0.15, 0.2) is 0 Å². The van der Waals surface area contributed by atoms with E-state index in [4.69, 9.17) is 4.74 Å². The molecule has 5 heteroatoms. The average Bonchev–Trinajstić information content (AvgIpc) is 3.28. The molecule has 1 amide bonds. The first-order valence-corrected chi connectivity index (χ1v) is 10.7. The first-order valence-electron chi connectivity index (χ1n) is 10.7. The number of amides is 1. The maximum absolute atomic E-state index is 13.6. The fourth-order valence-electron chi connectivity index (χ4n) is 4.57. The summed E-state index contributed by atoms with van der Waals surface area (Å²) in [5.74, 6) is 0.0973. The lowest BCUT2D eigenvalue weighted by Gasteiger charge is -2.37. The van der Waals surface area contributed by atoms with Crippen molar-refractivity contribution in [2.24, 2.45) is 0 Å². The fraction of sp³-hybridized carbons (Fsp3) is 0.320. The highest BCUT2D eigenvalue weighted by molar-refractivity contribution is 5.95. The highest BCUT2D eigenvalue weighted by Gasteiger charge is 2.32. The third-order valence-electron chi connectivity index (χ3n) is 6.10. The van der Waals surface area contributed by atoms with Crippen LogP contribution >= 0.6 is 0 Å². The molecule has 154 valence electrons. The van der Waals surface area contributed by atoms with E-state index in [9.17, 15) is 4.79 Å². The molecule has 3 heterocycles. The predicted octanol–water partition coefficient (Wildman–Crippen LogP) is 3.57. The normalized spacial score (nSPS) is 19.5. The van der Waals surface area contributed by atoms with Gasteiger partial charge in [-0.25, -0.2) is 0 Å². The molecule has 5 rings (SSSR count). The van der Waals surface area contributed by atoms with Gasteiger partial charge in [0.25, 0.3) is 5.91 Å². The van der Waals surface area contributed by atoms with Crippen LogP contribution in [0.3, 0.4) is 0 Å². The van der Waals surface area contributed by atoms with Gasteiger partial charge in [0.1, 0.15) is 0 Å². The van der Waals surface area contributed by atoms with Gasteiger partial charge in [-0.05, 0) is 35.4 Å². The molecule has 0 aliphatic carbocycles. The van der Waals surface area contributed by atoms with Crippen LogP contribution in [0.4, 0.5) is 0 Å². The Kier molecular flexibility index (Phi) is 5.39. The van der Waals surface area contributed by atoms with E-state index in [0.29, 0.717) is 6.54 Å². The monoisotopic (exact) mass is 401 g/mol. The second-order valence-electron chi connectivity index (χ2n) is 8.03. The number of ether oxygens (including phenoxy) is 1. The number of aromatic nitrogens is 1. The Labute approximate surface area is 177 Å². The number of hydrogen-bond acceptors (Lipinski definition) is 3. The number of rotatable bonds is 4. The smallest absolute Gasteiger partial charge is 0.254 e. The second-order valence-corrected chi connectivity index (χ2v) is 8.03. The molecule has 5 nitrogen and oxygen atoms in total. The van der Waals surface area contributed by atoms with Crippen LogP contribution in [0.25, 0.3) is 0 Å². The Morgan fingerprint density at radius 2 is 1.73 bits per heavy atom. The van der Waals surface area contributed by atoms with E-state index >= 15 is 0 Å². The summed E-state index contributed by atoms with van der Waals surface area (Å²) in [5, 5.41) is 0. The molecule has 0 radical (unpaired) electrons. The molecule has 2 aliphatic heterocycles. The van der Waals surface area contributed by atoms with Crippen molar-refractivity contribution < 1.29 is 9.53 Å². The Balaban J connectivity index is 1.43. The maximum Gasteiger partial charge on any atom is 0.254 e.